The van der Waals surface area contributed by atoms with E-state index >= 15 is 9.59 Å². The number of Topliss-reactive ketones (excluding diaryl/α,β-unsaturated/α-hetero) is 1. The first-order chi connectivity index (χ1) is 23.7. The van der Waals surface area contributed by atoms with Crippen molar-refractivity contribution in [1.29, 1.82) is 0 Å². The third-order valence-electron chi connectivity index (χ3n) is 11.0. The number of imide groups is 1. The number of amides is 2. The molecular formula is C40H32BrNO6S. The van der Waals surface area contributed by atoms with Crippen LogP contribution in [0, 0.1) is 23.7 Å². The topological polar surface area (TPSA) is 101 Å². The number of ketones is 2. The molecule has 1 aliphatic heterocycles. The van der Waals surface area contributed by atoms with Crippen LogP contribution in [0.1, 0.15) is 40.3 Å². The number of carbonyl (C=O) groups is 4. The fraction of sp³-hybridized carbons (Fsp3) is 0.250. The number of hydrogen-bond donors (Lipinski definition) is 1. The molecule has 2 heterocycles. The molecule has 0 bridgehead atoms. The van der Waals surface area contributed by atoms with Gasteiger partial charge in [0, 0.05) is 32.3 Å². The van der Waals surface area contributed by atoms with Crippen molar-refractivity contribution in [3.8, 4) is 11.5 Å². The minimum Gasteiger partial charge on any atom is -0.504 e. The molecule has 0 unspecified atom stereocenters. The van der Waals surface area contributed by atoms with Gasteiger partial charge in [-0.05, 0) is 59.5 Å². The van der Waals surface area contributed by atoms with E-state index in [0.29, 0.717) is 33.2 Å². The van der Waals surface area contributed by atoms with Gasteiger partial charge >= 0.3 is 0 Å². The van der Waals surface area contributed by atoms with Crippen molar-refractivity contribution in [2.75, 3.05) is 7.11 Å². The van der Waals surface area contributed by atoms with Gasteiger partial charge in [-0.15, -0.1) is 11.3 Å². The predicted octanol–water partition coefficient (Wildman–Crippen LogP) is 7.25. The Morgan fingerprint density at radius 3 is 2.37 bits per heavy atom. The van der Waals surface area contributed by atoms with E-state index < -0.39 is 35.0 Å². The molecule has 3 aromatic carbocycles. The van der Waals surface area contributed by atoms with Crippen LogP contribution in [-0.4, -0.2) is 40.5 Å². The summed E-state index contributed by atoms with van der Waals surface area (Å²) < 4.78 is 6.21. The van der Waals surface area contributed by atoms with Gasteiger partial charge in [0.05, 0.1) is 30.9 Å². The number of carbonyl (C=O) groups excluding carboxylic acids is 4. The minimum atomic E-state index is -1.45. The van der Waals surface area contributed by atoms with E-state index in [1.807, 2.05) is 84.3 Å². The second-order valence-corrected chi connectivity index (χ2v) is 15.1. The molecule has 246 valence electrons. The molecule has 2 amide bonds. The summed E-state index contributed by atoms with van der Waals surface area (Å²) in [6.45, 7) is 0.202. The number of rotatable bonds is 6. The average molecular weight is 735 g/mol. The lowest BCUT2D eigenvalue weighted by molar-refractivity contribution is -0.141. The van der Waals surface area contributed by atoms with Crippen molar-refractivity contribution >= 4 is 56.2 Å². The minimum absolute atomic E-state index is 0.139. The van der Waals surface area contributed by atoms with Crippen LogP contribution in [0.2, 0.25) is 0 Å². The molecule has 49 heavy (non-hydrogen) atoms. The molecule has 0 radical (unpaired) electrons. The van der Waals surface area contributed by atoms with Crippen molar-refractivity contribution in [2.24, 2.45) is 23.7 Å². The van der Waals surface area contributed by atoms with Crippen molar-refractivity contribution in [3.63, 3.8) is 0 Å². The van der Waals surface area contributed by atoms with E-state index in [-0.39, 0.29) is 47.8 Å². The summed E-state index contributed by atoms with van der Waals surface area (Å²) in [6.07, 6.45) is 3.98. The number of hydrogen-bond acceptors (Lipinski definition) is 7. The molecule has 1 saturated heterocycles. The van der Waals surface area contributed by atoms with Crippen LogP contribution in [-0.2, 0) is 31.1 Å². The number of halogens is 1. The number of benzene rings is 3. The highest BCUT2D eigenvalue weighted by atomic mass is 79.9. The fourth-order valence-electron chi connectivity index (χ4n) is 8.97. The number of nitrogens with zero attached hydrogens (tertiary/aromatic N) is 1. The number of ether oxygens (including phenoxy) is 1. The van der Waals surface area contributed by atoms with E-state index in [0.717, 1.165) is 10.5 Å². The van der Waals surface area contributed by atoms with Crippen molar-refractivity contribution in [1.82, 2.24) is 4.90 Å². The third kappa shape index (κ3) is 4.73. The van der Waals surface area contributed by atoms with E-state index in [1.54, 1.807) is 12.1 Å². The monoisotopic (exact) mass is 733 g/mol. The SMILES string of the molecule is COc1cc(Br)cc([C@H]2C3=CC[C@@H]4C(=O)N(Cc5cccs5)C(=O)[C@@H]4[C@@H]3C[C@H]3C(=O)C(c4ccccc4)=CC(=O)[C@@]23c2ccccc2)c1O. The molecule has 4 aromatic rings. The summed E-state index contributed by atoms with van der Waals surface area (Å²) in [5.74, 6) is -4.38. The first-order valence-corrected chi connectivity index (χ1v) is 18.0. The van der Waals surface area contributed by atoms with E-state index in [9.17, 15) is 14.7 Å². The molecule has 0 spiro atoms. The van der Waals surface area contributed by atoms with Gasteiger partial charge in [-0.1, -0.05) is 94.3 Å². The number of allylic oxidation sites excluding steroid dienone is 4. The Morgan fingerprint density at radius 2 is 1.67 bits per heavy atom. The normalized spacial score (nSPS) is 27.6. The summed E-state index contributed by atoms with van der Waals surface area (Å²) in [5, 5.41) is 13.8. The van der Waals surface area contributed by atoms with Crippen molar-refractivity contribution < 1.29 is 29.0 Å². The first kappa shape index (κ1) is 31.7. The van der Waals surface area contributed by atoms with Crippen LogP contribution in [0.15, 0.2) is 113 Å². The number of likely N-dealkylation sites (tertiary alicyclic amines) is 1. The molecule has 2 fully saturated rings. The van der Waals surface area contributed by atoms with Gasteiger partial charge in [0.2, 0.25) is 11.8 Å². The highest BCUT2D eigenvalue weighted by Gasteiger charge is 2.66. The molecule has 8 rings (SSSR count). The number of fused-ring (bicyclic) bond motifs is 4. The van der Waals surface area contributed by atoms with Gasteiger partial charge in [0.25, 0.3) is 0 Å². The molecule has 1 aromatic heterocycles. The Bertz CT molecular complexity index is 2070. The highest BCUT2D eigenvalue weighted by Crippen LogP contribution is 2.65. The lowest BCUT2D eigenvalue weighted by Gasteiger charge is -2.55. The van der Waals surface area contributed by atoms with Crippen LogP contribution in [0.3, 0.4) is 0 Å². The van der Waals surface area contributed by atoms with Gasteiger partial charge in [0.1, 0.15) is 0 Å². The van der Waals surface area contributed by atoms with Crippen LogP contribution < -0.4 is 4.74 Å². The van der Waals surface area contributed by atoms with Gasteiger partial charge in [-0.25, -0.2) is 0 Å². The first-order valence-electron chi connectivity index (χ1n) is 16.3. The zero-order valence-electron chi connectivity index (χ0n) is 26.5. The second-order valence-electron chi connectivity index (χ2n) is 13.2. The van der Waals surface area contributed by atoms with Gasteiger partial charge in [0.15, 0.2) is 23.1 Å². The Hall–Kier alpha value is -4.60. The number of methoxy groups -OCH3 is 1. The maximum absolute atomic E-state index is 15.2. The molecule has 9 heteroatoms. The zero-order valence-corrected chi connectivity index (χ0v) is 28.9. The maximum Gasteiger partial charge on any atom is 0.234 e. The fourth-order valence-corrected chi connectivity index (χ4v) is 10.1. The Morgan fingerprint density at radius 1 is 0.939 bits per heavy atom. The summed E-state index contributed by atoms with van der Waals surface area (Å²) >= 11 is 5.08. The molecule has 6 atom stereocenters. The second kappa shape index (κ2) is 12.1. The number of thiophene rings is 1. The zero-order chi connectivity index (χ0) is 34.0. The Balaban J connectivity index is 1.38. The number of phenolic OH excluding ortho intramolecular Hbond substituents is 1. The Kier molecular flexibility index (Phi) is 7.80. The van der Waals surface area contributed by atoms with Gasteiger partial charge in [-0.3, -0.25) is 24.1 Å². The lowest BCUT2D eigenvalue weighted by Crippen LogP contribution is -2.58. The summed E-state index contributed by atoms with van der Waals surface area (Å²) in [5.41, 5.74) is 1.37. The number of aromatic hydroxyl groups is 1. The largest absolute Gasteiger partial charge is 0.504 e. The summed E-state index contributed by atoms with van der Waals surface area (Å²) in [4.78, 5) is 60.7. The highest BCUT2D eigenvalue weighted by molar-refractivity contribution is 9.10. The standard InChI is InChI=1S/C40H32BrNO6S/c1-48-32-18-24(41)17-30(37(32)45)35-26-14-15-27-34(39(47)42(38(27)46)21-25-13-8-16-49-25)29(26)19-31-36(44)28(22-9-4-2-5-10-22)20-33(43)40(31,35)23-11-6-3-7-12-23/h2-14,16-18,20,27,29,31,34-35,45H,15,19,21H2,1H3/t27-,29+,31-,34-,35+,40-/m0/s1. The molecule has 1 N–H and O–H groups in total. The van der Waals surface area contributed by atoms with Crippen LogP contribution in [0.5, 0.6) is 11.5 Å². The van der Waals surface area contributed by atoms with Gasteiger partial charge < -0.3 is 9.84 Å². The van der Waals surface area contributed by atoms with E-state index in [1.165, 1.54) is 29.4 Å². The average Bonchev–Trinajstić information content (AvgIpc) is 3.73. The van der Waals surface area contributed by atoms with Crippen LogP contribution in [0.25, 0.3) is 5.57 Å². The lowest BCUT2D eigenvalue weighted by atomic mass is 9.44. The molecule has 4 aliphatic rings. The van der Waals surface area contributed by atoms with E-state index in [2.05, 4.69) is 15.9 Å². The quantitative estimate of drug-likeness (QED) is 0.166. The van der Waals surface area contributed by atoms with E-state index in [4.69, 9.17) is 4.74 Å². The smallest absolute Gasteiger partial charge is 0.234 e. The summed E-state index contributed by atoms with van der Waals surface area (Å²) in [6, 6.07) is 25.7. The van der Waals surface area contributed by atoms with Crippen molar-refractivity contribution in [2.45, 2.75) is 30.7 Å². The molecule has 1 saturated carbocycles. The molecular weight excluding hydrogens is 702 g/mol. The van der Waals surface area contributed by atoms with Gasteiger partial charge in [-0.2, -0.15) is 0 Å². The number of phenols is 1. The molecule has 7 nitrogen and oxygen atoms in total. The summed E-state index contributed by atoms with van der Waals surface area (Å²) in [7, 11) is 1.46. The Labute approximate surface area is 296 Å². The van der Waals surface area contributed by atoms with Crippen LogP contribution in [0.4, 0.5) is 0 Å². The predicted molar refractivity (Wildman–Crippen MR) is 189 cm³/mol. The van der Waals surface area contributed by atoms with Crippen LogP contribution >= 0.6 is 27.3 Å². The third-order valence-corrected chi connectivity index (χ3v) is 12.3. The maximum atomic E-state index is 15.2. The molecule has 3 aliphatic carbocycles. The van der Waals surface area contributed by atoms with Crippen molar-refractivity contribution in [3.05, 3.63) is 134 Å².